The maximum Gasteiger partial charge on any atom is 0.270 e. The second kappa shape index (κ2) is 7.90. The molecule has 1 amide bonds. The average Bonchev–Trinajstić information content (AvgIpc) is 3.10. The number of carbonyl (C=O) groups is 1. The number of carbonyl (C=O) groups excluding carboxylic acids is 1. The van der Waals surface area contributed by atoms with Gasteiger partial charge in [0, 0.05) is 18.3 Å². The van der Waals surface area contributed by atoms with E-state index < -0.39 is 0 Å². The lowest BCUT2D eigenvalue weighted by Crippen LogP contribution is -2.44. The predicted molar refractivity (Wildman–Crippen MR) is 106 cm³/mol. The summed E-state index contributed by atoms with van der Waals surface area (Å²) in [5, 5.41) is 12.1. The lowest BCUT2D eigenvalue weighted by atomic mass is 9.77. The molecule has 1 aliphatic carbocycles. The highest BCUT2D eigenvalue weighted by atomic mass is 19.1. The number of rotatable bonds is 3. The lowest BCUT2D eigenvalue weighted by molar-refractivity contribution is 0.0909. The zero-order chi connectivity index (χ0) is 20.5. The Hall–Kier alpha value is -2.82. The molecule has 1 aromatic carbocycles. The van der Waals surface area contributed by atoms with E-state index in [1.807, 2.05) is 19.1 Å². The van der Waals surface area contributed by atoms with E-state index in [2.05, 4.69) is 21.2 Å². The number of hydrogen-bond acceptors (Lipinski definition) is 5. The summed E-state index contributed by atoms with van der Waals surface area (Å²) in [6, 6.07) is 9.16. The van der Waals surface area contributed by atoms with Crippen LogP contribution in [0.3, 0.4) is 0 Å². The second-order valence-electron chi connectivity index (χ2n) is 8.08. The number of benzene rings is 1. The minimum Gasteiger partial charge on any atom is -0.348 e. The molecule has 6 nitrogen and oxygen atoms in total. The van der Waals surface area contributed by atoms with Crippen molar-refractivity contribution in [3.8, 4) is 6.07 Å². The van der Waals surface area contributed by atoms with E-state index >= 15 is 0 Å². The summed E-state index contributed by atoms with van der Waals surface area (Å²) in [7, 11) is 0. The molecule has 0 spiro atoms. The van der Waals surface area contributed by atoms with E-state index in [1.165, 1.54) is 12.3 Å². The van der Waals surface area contributed by atoms with E-state index in [0.717, 1.165) is 30.4 Å². The first-order valence-corrected chi connectivity index (χ1v) is 9.90. The van der Waals surface area contributed by atoms with Crippen LogP contribution in [0.25, 0.3) is 0 Å². The topological polar surface area (TPSA) is 89.8 Å². The summed E-state index contributed by atoms with van der Waals surface area (Å²) < 4.78 is 13.9. The highest BCUT2D eigenvalue weighted by Gasteiger charge is 2.41. The van der Waals surface area contributed by atoms with Crippen LogP contribution in [0, 0.1) is 36.9 Å². The first-order chi connectivity index (χ1) is 13.9. The van der Waals surface area contributed by atoms with Gasteiger partial charge < -0.3 is 5.32 Å². The van der Waals surface area contributed by atoms with Gasteiger partial charge in [-0.2, -0.15) is 5.26 Å². The molecule has 4 rings (SSSR count). The number of aryl methyl sites for hydroxylation is 2. The summed E-state index contributed by atoms with van der Waals surface area (Å²) in [6.45, 7) is 3.68. The first-order valence-electron chi connectivity index (χ1n) is 9.90. The Kier molecular flexibility index (Phi) is 5.31. The predicted octanol–water partition coefficient (Wildman–Crippen LogP) is 2.83. The summed E-state index contributed by atoms with van der Waals surface area (Å²) in [5.74, 6) is -0.189. The standard InChI is InChI=1S/C22H24FN5O/c1-12-5-15(8-16(23)6-12)21-18-9-17(3-4-19(18)27-28-21)26-22(29)20-13(2)7-14(10-24)11-25-20/h5-8,11,17-19,21,27-28H,3-4,9H2,1-2H3,(H,26,29). The van der Waals surface area contributed by atoms with Crippen LogP contribution in [-0.2, 0) is 0 Å². The molecule has 150 valence electrons. The van der Waals surface area contributed by atoms with Gasteiger partial charge in [0.05, 0.1) is 11.6 Å². The van der Waals surface area contributed by atoms with Gasteiger partial charge in [-0.05, 0) is 73.9 Å². The molecule has 2 fully saturated rings. The largest absolute Gasteiger partial charge is 0.348 e. The second-order valence-corrected chi connectivity index (χ2v) is 8.08. The molecular formula is C22H24FN5O. The van der Waals surface area contributed by atoms with Crippen molar-refractivity contribution >= 4 is 5.91 Å². The third kappa shape index (κ3) is 4.00. The van der Waals surface area contributed by atoms with Crippen molar-refractivity contribution in [1.29, 1.82) is 5.26 Å². The van der Waals surface area contributed by atoms with Gasteiger partial charge in [-0.15, -0.1) is 0 Å². The minimum atomic E-state index is -0.228. The van der Waals surface area contributed by atoms with Crippen LogP contribution in [0.5, 0.6) is 0 Å². The normalized spacial score (nSPS) is 25.9. The van der Waals surface area contributed by atoms with Crippen molar-refractivity contribution in [2.45, 2.75) is 51.2 Å². The monoisotopic (exact) mass is 393 g/mol. The SMILES string of the molecule is Cc1cc(F)cc(C2NNC3CCC(NC(=O)c4ncc(C#N)cc4C)CC32)c1. The number of hydrogen-bond donors (Lipinski definition) is 3. The van der Waals surface area contributed by atoms with E-state index in [0.29, 0.717) is 22.9 Å². The van der Waals surface area contributed by atoms with Gasteiger partial charge in [0.25, 0.3) is 5.91 Å². The average molecular weight is 393 g/mol. The van der Waals surface area contributed by atoms with Crippen LogP contribution in [0.4, 0.5) is 4.39 Å². The van der Waals surface area contributed by atoms with Gasteiger partial charge in [-0.1, -0.05) is 6.07 Å². The highest BCUT2D eigenvalue weighted by molar-refractivity contribution is 5.93. The van der Waals surface area contributed by atoms with Crippen LogP contribution < -0.4 is 16.2 Å². The Morgan fingerprint density at radius 2 is 2.07 bits per heavy atom. The molecule has 2 aliphatic rings. The number of aromatic nitrogens is 1. The Labute approximate surface area is 169 Å². The fourth-order valence-corrected chi connectivity index (χ4v) is 4.59. The first kappa shape index (κ1) is 19.5. The summed E-state index contributed by atoms with van der Waals surface area (Å²) in [4.78, 5) is 16.9. The fourth-order valence-electron chi connectivity index (χ4n) is 4.59. The molecule has 1 aromatic heterocycles. The van der Waals surface area contributed by atoms with Crippen LogP contribution in [0.15, 0.2) is 30.5 Å². The number of nitrogens with zero attached hydrogens (tertiary/aromatic N) is 2. The van der Waals surface area contributed by atoms with Gasteiger partial charge in [0.1, 0.15) is 17.6 Å². The van der Waals surface area contributed by atoms with E-state index in [9.17, 15) is 9.18 Å². The zero-order valence-electron chi connectivity index (χ0n) is 16.5. The van der Waals surface area contributed by atoms with Gasteiger partial charge >= 0.3 is 0 Å². The maximum atomic E-state index is 13.9. The van der Waals surface area contributed by atoms with Crippen molar-refractivity contribution in [1.82, 2.24) is 21.2 Å². The molecule has 2 heterocycles. The molecule has 4 atom stereocenters. The number of pyridine rings is 1. The van der Waals surface area contributed by atoms with Gasteiger partial charge in [-0.3, -0.25) is 10.2 Å². The fraction of sp³-hybridized carbons (Fsp3) is 0.409. The Bertz CT molecular complexity index is 965. The van der Waals surface area contributed by atoms with Crippen molar-refractivity contribution in [3.63, 3.8) is 0 Å². The van der Waals surface area contributed by atoms with Crippen molar-refractivity contribution < 1.29 is 9.18 Å². The third-order valence-electron chi connectivity index (χ3n) is 5.93. The number of nitriles is 1. The Morgan fingerprint density at radius 1 is 1.24 bits per heavy atom. The molecule has 0 bridgehead atoms. The van der Waals surface area contributed by atoms with Gasteiger partial charge in [-0.25, -0.2) is 14.8 Å². The summed E-state index contributed by atoms with van der Waals surface area (Å²) in [6.07, 6.45) is 4.01. The molecule has 3 N–H and O–H groups in total. The Balaban J connectivity index is 1.47. The zero-order valence-corrected chi connectivity index (χ0v) is 16.5. The molecule has 1 saturated carbocycles. The van der Waals surface area contributed by atoms with Gasteiger partial charge in [0.15, 0.2) is 0 Å². The maximum absolute atomic E-state index is 13.9. The van der Waals surface area contributed by atoms with Gasteiger partial charge in [0.2, 0.25) is 0 Å². The molecule has 1 aliphatic heterocycles. The molecule has 29 heavy (non-hydrogen) atoms. The highest BCUT2D eigenvalue weighted by Crippen LogP contribution is 2.38. The molecule has 7 heteroatoms. The molecule has 4 unspecified atom stereocenters. The number of halogens is 1. The lowest BCUT2D eigenvalue weighted by Gasteiger charge is -2.33. The smallest absolute Gasteiger partial charge is 0.270 e. The van der Waals surface area contributed by atoms with Crippen LogP contribution in [0.1, 0.15) is 58.0 Å². The van der Waals surface area contributed by atoms with E-state index in [4.69, 9.17) is 5.26 Å². The molecular weight excluding hydrogens is 369 g/mol. The van der Waals surface area contributed by atoms with Crippen LogP contribution in [-0.4, -0.2) is 23.0 Å². The number of nitrogens with one attached hydrogen (secondary N) is 3. The van der Waals surface area contributed by atoms with Crippen molar-refractivity contribution in [2.75, 3.05) is 0 Å². The summed E-state index contributed by atoms with van der Waals surface area (Å²) in [5.41, 5.74) is 9.98. The minimum absolute atomic E-state index is 0.00359. The number of fused-ring (bicyclic) bond motifs is 1. The third-order valence-corrected chi connectivity index (χ3v) is 5.93. The quantitative estimate of drug-likeness (QED) is 0.746. The Morgan fingerprint density at radius 3 is 2.79 bits per heavy atom. The molecule has 0 radical (unpaired) electrons. The van der Waals surface area contributed by atoms with Crippen LogP contribution in [0.2, 0.25) is 0 Å². The number of amides is 1. The van der Waals surface area contributed by atoms with E-state index in [-0.39, 0.29) is 29.7 Å². The van der Waals surface area contributed by atoms with Crippen LogP contribution >= 0.6 is 0 Å². The summed E-state index contributed by atoms with van der Waals surface area (Å²) >= 11 is 0. The van der Waals surface area contributed by atoms with Crippen molar-refractivity contribution in [3.05, 3.63) is 64.2 Å². The number of hydrazine groups is 1. The molecule has 1 saturated heterocycles. The van der Waals surface area contributed by atoms with E-state index in [1.54, 1.807) is 19.1 Å². The molecule has 2 aromatic rings. The van der Waals surface area contributed by atoms with Crippen molar-refractivity contribution in [2.24, 2.45) is 5.92 Å².